The molecule has 8 heteroatoms. The molecule has 4 N–H and O–H groups in total. The van der Waals surface area contributed by atoms with Gasteiger partial charge in [0, 0.05) is 6.20 Å². The Labute approximate surface area is 145 Å². The number of fused-ring (bicyclic) bond motifs is 1. The van der Waals surface area contributed by atoms with E-state index in [2.05, 4.69) is 5.32 Å². The van der Waals surface area contributed by atoms with Crippen molar-refractivity contribution in [1.29, 1.82) is 0 Å². The molecule has 25 heavy (non-hydrogen) atoms. The number of rotatable bonds is 6. The van der Waals surface area contributed by atoms with E-state index in [1.165, 1.54) is 0 Å². The van der Waals surface area contributed by atoms with E-state index in [-0.39, 0.29) is 13.1 Å². The van der Waals surface area contributed by atoms with Gasteiger partial charge in [-0.25, -0.2) is 4.79 Å². The highest BCUT2D eigenvalue weighted by Crippen LogP contribution is 2.35. The normalized spacial score (nSPS) is 13.1. The predicted octanol–water partition coefficient (Wildman–Crippen LogP) is 0.866. The van der Waals surface area contributed by atoms with Gasteiger partial charge in [-0.2, -0.15) is 0 Å². The van der Waals surface area contributed by atoms with E-state index >= 15 is 0 Å². The van der Waals surface area contributed by atoms with E-state index in [1.807, 2.05) is 29.3 Å². The topological polar surface area (TPSA) is 122 Å². The fraction of sp³-hybridized carbons (Fsp3) is 0.353. The number of hydrogen-bond donors (Lipinski definition) is 3. The Morgan fingerprint density at radius 1 is 1.36 bits per heavy atom. The second-order valence-corrected chi connectivity index (χ2v) is 6.29. The highest BCUT2D eigenvalue weighted by Gasteiger charge is 2.30. The number of carbonyl (C=O) groups is 3. The van der Waals surface area contributed by atoms with Gasteiger partial charge in [0.25, 0.3) is 0 Å². The molecule has 0 saturated heterocycles. The lowest BCUT2D eigenvalue weighted by Gasteiger charge is -2.35. The molecule has 0 spiro atoms. The molecule has 1 aliphatic heterocycles. The monoisotopic (exact) mass is 347 g/mol. The van der Waals surface area contributed by atoms with Crippen molar-refractivity contribution >= 4 is 29.2 Å². The average molecular weight is 347 g/mol. The minimum absolute atomic E-state index is 0.214. The number of carbonyl (C=O) groups excluding carboxylic acids is 2. The number of allylic oxidation sites excluding steroid dienone is 1. The fourth-order valence-corrected chi connectivity index (χ4v) is 2.67. The van der Waals surface area contributed by atoms with Crippen molar-refractivity contribution in [3.8, 4) is 0 Å². The van der Waals surface area contributed by atoms with Crippen LogP contribution in [0.3, 0.4) is 0 Å². The Bertz CT molecular complexity index is 727. The van der Waals surface area contributed by atoms with E-state index in [0.717, 1.165) is 11.3 Å². The number of nitrogens with one attached hydrogen (secondary N) is 1. The molecule has 0 radical (unpaired) electrons. The maximum Gasteiger partial charge on any atom is 0.397 e. The van der Waals surface area contributed by atoms with Gasteiger partial charge >= 0.3 is 17.8 Å². The molecule has 0 bridgehead atoms. The predicted molar refractivity (Wildman–Crippen MR) is 92.1 cm³/mol. The first kappa shape index (κ1) is 18.3. The summed E-state index contributed by atoms with van der Waals surface area (Å²) in [5, 5.41) is 11.8. The summed E-state index contributed by atoms with van der Waals surface area (Å²) >= 11 is 0. The van der Waals surface area contributed by atoms with Gasteiger partial charge in [-0.15, -0.1) is 0 Å². The number of benzene rings is 1. The third-order valence-corrected chi connectivity index (χ3v) is 3.58. The molecule has 0 saturated carbocycles. The summed E-state index contributed by atoms with van der Waals surface area (Å²) in [6.07, 6.45) is 4.50. The van der Waals surface area contributed by atoms with Crippen LogP contribution in [0.15, 0.2) is 30.5 Å². The first-order valence-electron chi connectivity index (χ1n) is 7.73. The number of ether oxygens (including phenoxy) is 1. The average Bonchev–Trinajstić information content (AvgIpc) is 2.52. The maximum atomic E-state index is 11.5. The zero-order valence-corrected chi connectivity index (χ0v) is 14.1. The first-order chi connectivity index (χ1) is 11.7. The van der Waals surface area contributed by atoms with Crippen LogP contribution < -0.4 is 16.0 Å². The number of aliphatic carboxylic acids is 1. The smallest absolute Gasteiger partial charge is 0.397 e. The minimum Gasteiger partial charge on any atom is -0.480 e. The number of anilines is 2. The molecule has 0 fully saturated rings. The molecular formula is C17H21N3O5. The van der Waals surface area contributed by atoms with Crippen LogP contribution in [0.1, 0.15) is 19.4 Å². The van der Waals surface area contributed by atoms with Crippen molar-refractivity contribution < 1.29 is 24.2 Å². The lowest BCUT2D eigenvalue weighted by Crippen LogP contribution is -2.43. The van der Waals surface area contributed by atoms with Crippen LogP contribution in [0.25, 0.3) is 0 Å². The summed E-state index contributed by atoms with van der Waals surface area (Å²) in [6, 6.07) is 5.58. The molecule has 8 nitrogen and oxygen atoms in total. The molecule has 1 aliphatic rings. The van der Waals surface area contributed by atoms with E-state index in [9.17, 15) is 14.4 Å². The quantitative estimate of drug-likeness (QED) is 0.515. The molecule has 0 aromatic heterocycles. The van der Waals surface area contributed by atoms with E-state index in [1.54, 1.807) is 19.9 Å². The SMILES string of the molecule is CC(C)(CN1C=CCc2cccc(NCC(=O)O)c21)OC(=O)C(N)=O. The lowest BCUT2D eigenvalue weighted by molar-refractivity contribution is -0.162. The number of esters is 1. The number of para-hydroxylation sites is 1. The fourth-order valence-electron chi connectivity index (χ4n) is 2.67. The van der Waals surface area contributed by atoms with Crippen molar-refractivity contribution in [3.05, 3.63) is 36.0 Å². The van der Waals surface area contributed by atoms with E-state index in [4.69, 9.17) is 15.6 Å². The van der Waals surface area contributed by atoms with Crippen LogP contribution in [0.4, 0.5) is 11.4 Å². The Hall–Kier alpha value is -3.03. The van der Waals surface area contributed by atoms with Crippen LogP contribution in [-0.2, 0) is 25.5 Å². The van der Waals surface area contributed by atoms with E-state index < -0.39 is 23.4 Å². The van der Waals surface area contributed by atoms with Crippen LogP contribution in [0, 0.1) is 0 Å². The number of nitrogens with zero attached hydrogens (tertiary/aromatic N) is 1. The first-order valence-corrected chi connectivity index (χ1v) is 7.73. The molecule has 0 unspecified atom stereocenters. The van der Waals surface area contributed by atoms with Crippen molar-refractivity contribution in [2.24, 2.45) is 5.73 Å². The molecule has 1 aromatic rings. The van der Waals surface area contributed by atoms with Gasteiger partial charge in [-0.1, -0.05) is 18.2 Å². The van der Waals surface area contributed by atoms with Crippen LogP contribution in [0.2, 0.25) is 0 Å². The van der Waals surface area contributed by atoms with E-state index in [0.29, 0.717) is 12.1 Å². The Kier molecular flexibility index (Phi) is 5.31. The van der Waals surface area contributed by atoms with Crippen LogP contribution in [-0.4, -0.2) is 41.6 Å². The number of nitrogens with two attached hydrogens (primary N) is 1. The number of carboxylic acid groups (broad SMARTS) is 1. The third kappa shape index (κ3) is 4.72. The largest absolute Gasteiger partial charge is 0.480 e. The number of carboxylic acids is 1. The summed E-state index contributed by atoms with van der Waals surface area (Å²) < 4.78 is 5.15. The van der Waals surface area contributed by atoms with Gasteiger partial charge in [-0.3, -0.25) is 9.59 Å². The van der Waals surface area contributed by atoms with Gasteiger partial charge in [-0.05, 0) is 31.9 Å². The van der Waals surface area contributed by atoms with Crippen molar-refractivity contribution in [2.45, 2.75) is 25.9 Å². The highest BCUT2D eigenvalue weighted by atomic mass is 16.6. The summed E-state index contributed by atoms with van der Waals surface area (Å²) in [6.45, 7) is 3.39. The molecular weight excluding hydrogens is 326 g/mol. The number of hydrogen-bond acceptors (Lipinski definition) is 6. The van der Waals surface area contributed by atoms with Gasteiger partial charge in [0.15, 0.2) is 0 Å². The van der Waals surface area contributed by atoms with Gasteiger partial charge in [0.1, 0.15) is 12.1 Å². The molecule has 0 aliphatic carbocycles. The molecule has 2 rings (SSSR count). The molecule has 1 heterocycles. The van der Waals surface area contributed by atoms with Gasteiger partial charge in [0.2, 0.25) is 0 Å². The summed E-state index contributed by atoms with van der Waals surface area (Å²) in [7, 11) is 0. The Balaban J connectivity index is 2.25. The molecule has 134 valence electrons. The van der Waals surface area contributed by atoms with Crippen molar-refractivity contribution in [2.75, 3.05) is 23.3 Å². The minimum atomic E-state index is -1.15. The molecule has 0 atom stereocenters. The van der Waals surface area contributed by atoms with Crippen LogP contribution >= 0.6 is 0 Å². The number of primary amides is 1. The molecule has 1 amide bonds. The zero-order valence-electron chi connectivity index (χ0n) is 14.1. The lowest BCUT2D eigenvalue weighted by atomic mass is 10.0. The zero-order chi connectivity index (χ0) is 18.6. The Morgan fingerprint density at radius 3 is 2.72 bits per heavy atom. The second-order valence-electron chi connectivity index (χ2n) is 6.29. The second kappa shape index (κ2) is 7.25. The summed E-state index contributed by atoms with van der Waals surface area (Å²) in [5.74, 6) is -3.21. The highest BCUT2D eigenvalue weighted by molar-refractivity contribution is 6.31. The van der Waals surface area contributed by atoms with Crippen molar-refractivity contribution in [3.63, 3.8) is 0 Å². The number of amides is 1. The summed E-state index contributed by atoms with van der Waals surface area (Å²) in [5.41, 5.74) is 6.45. The maximum absolute atomic E-state index is 11.5. The Morgan fingerprint density at radius 2 is 2.08 bits per heavy atom. The van der Waals surface area contributed by atoms with Gasteiger partial charge < -0.3 is 25.8 Å². The molecule has 1 aromatic carbocycles. The van der Waals surface area contributed by atoms with Crippen LogP contribution in [0.5, 0.6) is 0 Å². The van der Waals surface area contributed by atoms with Crippen molar-refractivity contribution in [1.82, 2.24) is 0 Å². The standard InChI is InChI=1S/C17H21N3O5/c1-17(2,25-16(24)15(18)23)10-20-8-4-6-11-5-3-7-12(14(11)20)19-9-13(21)22/h3-5,7-8,19H,6,9-10H2,1-2H3,(H2,18,23)(H,21,22). The third-order valence-electron chi connectivity index (χ3n) is 3.58. The van der Waals surface area contributed by atoms with Gasteiger partial charge in [0.05, 0.1) is 17.9 Å². The summed E-state index contributed by atoms with van der Waals surface area (Å²) in [4.78, 5) is 35.1.